The molecule has 0 fully saturated rings. The summed E-state index contributed by atoms with van der Waals surface area (Å²) < 4.78 is 17.2. The van der Waals surface area contributed by atoms with Crippen molar-refractivity contribution in [1.29, 1.82) is 0 Å². The third-order valence-electron chi connectivity index (χ3n) is 4.12. The van der Waals surface area contributed by atoms with E-state index in [1.165, 1.54) is 5.30 Å². The number of ether oxygens (including phenoxy) is 3. The molecule has 122 valence electrons. The summed E-state index contributed by atoms with van der Waals surface area (Å²) in [5.41, 5.74) is 2.17. The average molecular weight is 330 g/mol. The monoisotopic (exact) mass is 330 g/mol. The maximum absolute atomic E-state index is 5.99. The van der Waals surface area contributed by atoms with Crippen molar-refractivity contribution in [3.05, 3.63) is 36.4 Å². The van der Waals surface area contributed by atoms with E-state index in [1.54, 1.807) is 14.2 Å². The lowest BCUT2D eigenvalue weighted by Crippen LogP contribution is -2.19. The fraction of sp³-hybridized carbons (Fsp3) is 0.368. The van der Waals surface area contributed by atoms with Crippen molar-refractivity contribution in [2.24, 2.45) is 0 Å². The fourth-order valence-corrected chi connectivity index (χ4v) is 5.30. The Labute approximate surface area is 139 Å². The maximum atomic E-state index is 5.99. The summed E-state index contributed by atoms with van der Waals surface area (Å²) in [7, 11) is 2.98. The second kappa shape index (κ2) is 6.05. The molecule has 1 aliphatic heterocycles. The zero-order valence-corrected chi connectivity index (χ0v) is 15.2. The smallest absolute Gasteiger partial charge is 0.130 e. The van der Waals surface area contributed by atoms with Crippen LogP contribution in [0.1, 0.15) is 20.8 Å². The van der Waals surface area contributed by atoms with Gasteiger partial charge in [0.1, 0.15) is 23.6 Å². The Morgan fingerprint density at radius 1 is 0.957 bits per heavy atom. The van der Waals surface area contributed by atoms with Crippen LogP contribution in [-0.4, -0.2) is 25.7 Å². The summed E-state index contributed by atoms with van der Waals surface area (Å²) in [4.78, 5) is 0. The molecule has 0 radical (unpaired) electrons. The van der Waals surface area contributed by atoms with Gasteiger partial charge in [-0.2, -0.15) is 0 Å². The van der Waals surface area contributed by atoms with Crippen LogP contribution in [0.15, 0.2) is 36.4 Å². The lowest BCUT2D eigenvalue weighted by molar-refractivity contribution is 0.397. The van der Waals surface area contributed by atoms with E-state index in [-0.39, 0.29) is 5.16 Å². The van der Waals surface area contributed by atoms with E-state index >= 15 is 0 Å². The van der Waals surface area contributed by atoms with Gasteiger partial charge in [0.05, 0.1) is 19.8 Å². The number of hydrogen-bond donors (Lipinski definition) is 0. The molecule has 1 unspecified atom stereocenters. The molecule has 0 saturated heterocycles. The van der Waals surface area contributed by atoms with Gasteiger partial charge in [-0.1, -0.05) is 39.0 Å². The Bertz CT molecular complexity index is 697. The van der Waals surface area contributed by atoms with Gasteiger partial charge >= 0.3 is 0 Å². The van der Waals surface area contributed by atoms with Gasteiger partial charge in [-0.3, -0.25) is 0 Å². The lowest BCUT2D eigenvalue weighted by atomic mass is 10.0. The minimum absolute atomic E-state index is 0.186. The number of benzene rings is 2. The van der Waals surface area contributed by atoms with Crippen molar-refractivity contribution in [3.8, 4) is 28.4 Å². The third kappa shape index (κ3) is 2.79. The summed E-state index contributed by atoms with van der Waals surface area (Å²) >= 11 is 0. The zero-order valence-electron chi connectivity index (χ0n) is 14.3. The molecule has 2 aromatic rings. The fourth-order valence-electron chi connectivity index (χ4n) is 2.96. The Balaban J connectivity index is 2.27. The summed E-state index contributed by atoms with van der Waals surface area (Å²) in [5.74, 6) is 2.65. The first-order chi connectivity index (χ1) is 11.0. The summed E-state index contributed by atoms with van der Waals surface area (Å²) in [5, 5.41) is 1.50. The molecule has 3 rings (SSSR count). The van der Waals surface area contributed by atoms with Gasteiger partial charge in [-0.05, 0) is 31.3 Å². The zero-order chi connectivity index (χ0) is 16.6. The van der Waals surface area contributed by atoms with Crippen LogP contribution in [0, 0.1) is 0 Å². The highest BCUT2D eigenvalue weighted by atomic mass is 31.1. The molecule has 1 aliphatic rings. The van der Waals surface area contributed by atoms with Crippen LogP contribution in [0.25, 0.3) is 11.1 Å². The summed E-state index contributed by atoms with van der Waals surface area (Å²) in [6, 6.07) is 12.2. The largest absolute Gasteiger partial charge is 0.496 e. The van der Waals surface area contributed by atoms with Crippen molar-refractivity contribution in [3.63, 3.8) is 0 Å². The van der Waals surface area contributed by atoms with Crippen LogP contribution in [0.5, 0.6) is 17.2 Å². The summed E-state index contributed by atoms with van der Waals surface area (Å²) in [6.07, 6.45) is 0.780. The maximum Gasteiger partial charge on any atom is 0.130 e. The minimum Gasteiger partial charge on any atom is -0.496 e. The van der Waals surface area contributed by atoms with Crippen molar-refractivity contribution >= 4 is 13.2 Å². The molecule has 4 heteroatoms. The molecule has 0 saturated carbocycles. The Morgan fingerprint density at radius 2 is 1.57 bits per heavy atom. The first-order valence-corrected chi connectivity index (χ1v) is 9.25. The first kappa shape index (κ1) is 16.1. The minimum atomic E-state index is -0.415. The molecule has 1 heterocycles. The van der Waals surface area contributed by atoms with Gasteiger partial charge in [0.15, 0.2) is 0 Å². The highest BCUT2D eigenvalue weighted by molar-refractivity contribution is 7.67. The van der Waals surface area contributed by atoms with Crippen LogP contribution in [-0.2, 0) is 0 Å². The first-order valence-electron chi connectivity index (χ1n) is 7.72. The van der Waals surface area contributed by atoms with Crippen LogP contribution < -0.4 is 19.5 Å². The van der Waals surface area contributed by atoms with E-state index in [2.05, 4.69) is 32.9 Å². The second-order valence-corrected chi connectivity index (χ2v) is 9.47. The predicted octanol–water partition coefficient (Wildman–Crippen LogP) is 4.63. The SMILES string of the molecule is COc1cccc(OC)c1-c1cccc2c1P(C(C)(C)C)CO2. The molecule has 0 N–H and O–H groups in total. The molecule has 0 amide bonds. The van der Waals surface area contributed by atoms with E-state index in [4.69, 9.17) is 14.2 Å². The quantitative estimate of drug-likeness (QED) is 0.768. The summed E-state index contributed by atoms with van der Waals surface area (Å²) in [6.45, 7) is 6.86. The molecular formula is C19H23O3P. The number of methoxy groups -OCH3 is 2. The van der Waals surface area contributed by atoms with E-state index in [0.29, 0.717) is 0 Å². The van der Waals surface area contributed by atoms with Crippen LogP contribution in [0.4, 0.5) is 0 Å². The predicted molar refractivity (Wildman–Crippen MR) is 96.8 cm³/mol. The third-order valence-corrected chi connectivity index (χ3v) is 7.13. The molecule has 3 nitrogen and oxygen atoms in total. The highest BCUT2D eigenvalue weighted by Gasteiger charge is 2.36. The van der Waals surface area contributed by atoms with Gasteiger partial charge in [0.2, 0.25) is 0 Å². The van der Waals surface area contributed by atoms with Gasteiger partial charge in [-0.25, -0.2) is 0 Å². The average Bonchev–Trinajstić information content (AvgIpc) is 2.98. The normalized spacial score (nSPS) is 16.7. The number of fused-ring (bicyclic) bond motifs is 1. The second-order valence-electron chi connectivity index (χ2n) is 6.56. The van der Waals surface area contributed by atoms with Crippen molar-refractivity contribution < 1.29 is 14.2 Å². The van der Waals surface area contributed by atoms with Gasteiger partial charge < -0.3 is 14.2 Å². The van der Waals surface area contributed by atoms with E-state index in [1.807, 2.05) is 24.3 Å². The van der Waals surface area contributed by atoms with Crippen molar-refractivity contribution in [2.45, 2.75) is 25.9 Å². The lowest BCUT2D eigenvalue weighted by Gasteiger charge is -2.28. The molecule has 0 aromatic heterocycles. The van der Waals surface area contributed by atoms with E-state index in [9.17, 15) is 0 Å². The van der Waals surface area contributed by atoms with E-state index in [0.717, 1.165) is 34.7 Å². The molecular weight excluding hydrogens is 307 g/mol. The van der Waals surface area contributed by atoms with Gasteiger partial charge in [0.25, 0.3) is 0 Å². The Kier molecular flexibility index (Phi) is 4.25. The Hall–Kier alpha value is -1.73. The number of rotatable bonds is 3. The topological polar surface area (TPSA) is 27.7 Å². The van der Waals surface area contributed by atoms with Crippen molar-refractivity contribution in [1.82, 2.24) is 0 Å². The highest BCUT2D eigenvalue weighted by Crippen LogP contribution is 2.56. The number of hydrogen-bond acceptors (Lipinski definition) is 3. The van der Waals surface area contributed by atoms with E-state index < -0.39 is 7.92 Å². The molecule has 23 heavy (non-hydrogen) atoms. The molecule has 1 atom stereocenters. The molecule has 0 bridgehead atoms. The van der Waals surface area contributed by atoms with Gasteiger partial charge in [0, 0.05) is 10.9 Å². The van der Waals surface area contributed by atoms with Crippen LogP contribution in [0.2, 0.25) is 0 Å². The molecule has 0 aliphatic carbocycles. The van der Waals surface area contributed by atoms with Crippen molar-refractivity contribution in [2.75, 3.05) is 20.6 Å². The van der Waals surface area contributed by atoms with Crippen LogP contribution >= 0.6 is 7.92 Å². The van der Waals surface area contributed by atoms with Gasteiger partial charge in [-0.15, -0.1) is 0 Å². The Morgan fingerprint density at radius 3 is 2.13 bits per heavy atom. The molecule has 2 aromatic carbocycles. The standard InChI is InChI=1S/C19H23O3P/c1-19(2,3)23-12-22-16-11-6-8-13(18(16)23)17-14(20-4)9-7-10-15(17)21-5/h6-11H,12H2,1-5H3. The van der Waals surface area contributed by atoms with Crippen LogP contribution in [0.3, 0.4) is 0 Å². The molecule has 0 spiro atoms.